The molecule has 0 unspecified atom stereocenters. The standard InChI is InChI=1S/C28H33N3O4/c1-32-27-9-8-25(17-28(27)35-26-10-14-34-21-26)31(20-23-3-2-11-29-18-23)24-6-4-22(5-7-24)19-30-12-15-33-16-13-30/h2-9,11,17-18,26H,10,12-16,19-21H2,1H3/t26-/m1/s1. The minimum absolute atomic E-state index is 0.0467. The van der Waals surface area contributed by atoms with Crippen LogP contribution in [-0.2, 0) is 22.6 Å². The lowest BCUT2D eigenvalue weighted by atomic mass is 10.1. The second-order valence-corrected chi connectivity index (χ2v) is 8.94. The average molecular weight is 476 g/mol. The van der Waals surface area contributed by atoms with Crippen molar-refractivity contribution in [3.8, 4) is 11.5 Å². The van der Waals surface area contributed by atoms with Crippen molar-refractivity contribution in [2.75, 3.05) is 51.5 Å². The van der Waals surface area contributed by atoms with Crippen LogP contribution in [-0.4, -0.2) is 62.6 Å². The van der Waals surface area contributed by atoms with Gasteiger partial charge in [0.15, 0.2) is 11.5 Å². The lowest BCUT2D eigenvalue weighted by Gasteiger charge is -2.28. The van der Waals surface area contributed by atoms with E-state index in [1.165, 1.54) is 5.56 Å². The molecule has 35 heavy (non-hydrogen) atoms. The molecule has 3 heterocycles. The Morgan fingerprint density at radius 3 is 2.49 bits per heavy atom. The van der Waals surface area contributed by atoms with E-state index in [1.54, 1.807) is 13.3 Å². The van der Waals surface area contributed by atoms with E-state index in [1.807, 2.05) is 18.3 Å². The molecule has 0 aliphatic carbocycles. The van der Waals surface area contributed by atoms with Crippen LogP contribution < -0.4 is 14.4 Å². The second-order valence-electron chi connectivity index (χ2n) is 8.94. The van der Waals surface area contributed by atoms with Crippen LogP contribution in [0.15, 0.2) is 67.0 Å². The molecule has 0 amide bonds. The molecule has 2 saturated heterocycles. The number of nitrogens with zero attached hydrogens (tertiary/aromatic N) is 3. The zero-order chi connectivity index (χ0) is 23.9. The van der Waals surface area contributed by atoms with Gasteiger partial charge in [-0.2, -0.15) is 0 Å². The molecule has 2 aliphatic heterocycles. The van der Waals surface area contributed by atoms with Crippen LogP contribution >= 0.6 is 0 Å². The number of ether oxygens (including phenoxy) is 4. The Kier molecular flexibility index (Phi) is 7.78. The quantitative estimate of drug-likeness (QED) is 0.454. The maximum Gasteiger partial charge on any atom is 0.163 e. The fourth-order valence-corrected chi connectivity index (χ4v) is 4.52. The van der Waals surface area contributed by atoms with Gasteiger partial charge in [0.05, 0.1) is 33.5 Å². The molecule has 0 bridgehead atoms. The highest BCUT2D eigenvalue weighted by atomic mass is 16.6. The number of hydrogen-bond acceptors (Lipinski definition) is 7. The number of rotatable bonds is 9. The summed E-state index contributed by atoms with van der Waals surface area (Å²) < 4.78 is 22.9. The van der Waals surface area contributed by atoms with E-state index in [0.29, 0.717) is 13.2 Å². The number of pyridine rings is 1. The fourth-order valence-electron chi connectivity index (χ4n) is 4.52. The summed E-state index contributed by atoms with van der Waals surface area (Å²) in [5.41, 5.74) is 4.58. The van der Waals surface area contributed by atoms with Crippen molar-refractivity contribution >= 4 is 11.4 Å². The van der Waals surface area contributed by atoms with Gasteiger partial charge in [-0.15, -0.1) is 0 Å². The van der Waals surface area contributed by atoms with Crippen LogP contribution in [0.4, 0.5) is 11.4 Å². The van der Waals surface area contributed by atoms with Crippen molar-refractivity contribution in [2.45, 2.75) is 25.6 Å². The van der Waals surface area contributed by atoms with E-state index in [2.05, 4.69) is 57.2 Å². The molecule has 1 atom stereocenters. The Labute approximate surface area is 207 Å². The average Bonchev–Trinajstić information content (AvgIpc) is 3.42. The van der Waals surface area contributed by atoms with Gasteiger partial charge in [-0.1, -0.05) is 18.2 Å². The van der Waals surface area contributed by atoms with Crippen LogP contribution in [0.1, 0.15) is 17.5 Å². The summed E-state index contributed by atoms with van der Waals surface area (Å²) >= 11 is 0. The van der Waals surface area contributed by atoms with Gasteiger partial charge in [0, 0.05) is 62.4 Å². The number of morpholine rings is 1. The van der Waals surface area contributed by atoms with Gasteiger partial charge in [-0.05, 0) is 41.5 Å². The lowest BCUT2D eigenvalue weighted by molar-refractivity contribution is 0.0342. The van der Waals surface area contributed by atoms with E-state index in [-0.39, 0.29) is 6.10 Å². The van der Waals surface area contributed by atoms with Crippen molar-refractivity contribution in [1.82, 2.24) is 9.88 Å². The third-order valence-corrected chi connectivity index (χ3v) is 6.46. The number of anilines is 2. The summed E-state index contributed by atoms with van der Waals surface area (Å²) in [5.74, 6) is 1.46. The predicted octanol–water partition coefficient (Wildman–Crippen LogP) is 4.43. The van der Waals surface area contributed by atoms with Crippen LogP contribution in [0.2, 0.25) is 0 Å². The lowest BCUT2D eigenvalue weighted by Crippen LogP contribution is -2.35. The topological polar surface area (TPSA) is 56.3 Å². The van der Waals surface area contributed by atoms with Crippen LogP contribution in [0.25, 0.3) is 0 Å². The highest BCUT2D eigenvalue weighted by Crippen LogP contribution is 2.37. The molecule has 3 aromatic rings. The molecule has 2 aromatic carbocycles. The minimum atomic E-state index is 0.0467. The molecule has 0 N–H and O–H groups in total. The Balaban J connectivity index is 1.42. The van der Waals surface area contributed by atoms with Crippen LogP contribution in [0.3, 0.4) is 0 Å². The third kappa shape index (κ3) is 6.11. The van der Waals surface area contributed by atoms with Crippen molar-refractivity contribution in [3.63, 3.8) is 0 Å². The third-order valence-electron chi connectivity index (χ3n) is 6.46. The molecule has 0 spiro atoms. The largest absolute Gasteiger partial charge is 0.493 e. The zero-order valence-corrected chi connectivity index (χ0v) is 20.3. The summed E-state index contributed by atoms with van der Waals surface area (Å²) in [7, 11) is 1.67. The van der Waals surface area contributed by atoms with Gasteiger partial charge in [-0.25, -0.2) is 0 Å². The minimum Gasteiger partial charge on any atom is -0.493 e. The van der Waals surface area contributed by atoms with Gasteiger partial charge < -0.3 is 23.8 Å². The van der Waals surface area contributed by atoms with Crippen molar-refractivity contribution < 1.29 is 18.9 Å². The normalized spacial score (nSPS) is 18.4. The molecule has 2 aliphatic rings. The Hall–Kier alpha value is -3.13. The highest BCUT2D eigenvalue weighted by Gasteiger charge is 2.21. The molecule has 184 valence electrons. The van der Waals surface area contributed by atoms with Gasteiger partial charge >= 0.3 is 0 Å². The van der Waals surface area contributed by atoms with Crippen molar-refractivity contribution in [3.05, 3.63) is 78.1 Å². The number of methoxy groups -OCH3 is 1. The van der Waals surface area contributed by atoms with Crippen LogP contribution in [0.5, 0.6) is 11.5 Å². The molecular formula is C28H33N3O4. The van der Waals surface area contributed by atoms with Crippen LogP contribution in [0, 0.1) is 0 Å². The number of benzene rings is 2. The Morgan fingerprint density at radius 1 is 0.943 bits per heavy atom. The number of hydrogen-bond donors (Lipinski definition) is 0. The molecule has 7 nitrogen and oxygen atoms in total. The molecular weight excluding hydrogens is 442 g/mol. The summed E-state index contributed by atoms with van der Waals surface area (Å²) in [4.78, 5) is 9.04. The fraction of sp³-hybridized carbons (Fsp3) is 0.393. The Bertz CT molecular complexity index is 1070. The van der Waals surface area contributed by atoms with E-state index in [0.717, 1.165) is 74.3 Å². The summed E-state index contributed by atoms with van der Waals surface area (Å²) in [5, 5.41) is 0. The van der Waals surface area contributed by atoms with E-state index in [4.69, 9.17) is 18.9 Å². The summed E-state index contributed by atoms with van der Waals surface area (Å²) in [6, 6.07) is 19.0. The zero-order valence-electron chi connectivity index (χ0n) is 20.3. The molecule has 1 aromatic heterocycles. The maximum atomic E-state index is 6.27. The summed E-state index contributed by atoms with van der Waals surface area (Å²) in [6.45, 7) is 6.56. The molecule has 0 saturated carbocycles. The summed E-state index contributed by atoms with van der Waals surface area (Å²) in [6.07, 6.45) is 4.65. The Morgan fingerprint density at radius 2 is 1.77 bits per heavy atom. The first kappa shape index (κ1) is 23.6. The van der Waals surface area contributed by atoms with Gasteiger partial charge in [0.2, 0.25) is 0 Å². The van der Waals surface area contributed by atoms with E-state index in [9.17, 15) is 0 Å². The van der Waals surface area contributed by atoms with Crippen molar-refractivity contribution in [1.29, 1.82) is 0 Å². The van der Waals surface area contributed by atoms with Gasteiger partial charge in [0.25, 0.3) is 0 Å². The highest BCUT2D eigenvalue weighted by molar-refractivity contribution is 5.67. The van der Waals surface area contributed by atoms with Gasteiger partial charge in [-0.3, -0.25) is 9.88 Å². The maximum absolute atomic E-state index is 6.27. The number of aromatic nitrogens is 1. The monoisotopic (exact) mass is 475 g/mol. The second kappa shape index (κ2) is 11.5. The first-order valence-corrected chi connectivity index (χ1v) is 12.3. The van der Waals surface area contributed by atoms with Gasteiger partial charge in [0.1, 0.15) is 6.10 Å². The first-order chi connectivity index (χ1) is 17.3. The van der Waals surface area contributed by atoms with Crippen molar-refractivity contribution in [2.24, 2.45) is 0 Å². The smallest absolute Gasteiger partial charge is 0.163 e. The predicted molar refractivity (Wildman–Crippen MR) is 135 cm³/mol. The molecule has 2 fully saturated rings. The molecule has 5 rings (SSSR count). The van der Waals surface area contributed by atoms with E-state index < -0.39 is 0 Å². The van der Waals surface area contributed by atoms with E-state index >= 15 is 0 Å². The molecule has 7 heteroatoms. The first-order valence-electron chi connectivity index (χ1n) is 12.3. The molecule has 0 radical (unpaired) electrons. The SMILES string of the molecule is COc1ccc(N(Cc2cccnc2)c2ccc(CN3CCOCC3)cc2)cc1O[C@@H]1CCOC1.